The third kappa shape index (κ3) is 4.45. The molecule has 2 heterocycles. The number of nitrogens with one attached hydrogen (secondary N) is 2. The minimum Gasteiger partial charge on any atom is -0.326 e. The van der Waals surface area contributed by atoms with Gasteiger partial charge in [0.05, 0.1) is 16.3 Å². The van der Waals surface area contributed by atoms with E-state index in [0.717, 1.165) is 11.3 Å². The molecule has 2 amide bonds. The monoisotopic (exact) mass is 419 g/mol. The highest BCUT2D eigenvalue weighted by molar-refractivity contribution is 5.96. The highest BCUT2D eigenvalue weighted by Gasteiger charge is 2.26. The molecule has 9 nitrogen and oxygen atoms in total. The lowest BCUT2D eigenvalue weighted by Crippen LogP contribution is -2.30. The predicted octanol–water partition coefficient (Wildman–Crippen LogP) is 3.62. The number of hydrogen-bond acceptors (Lipinski definition) is 5. The van der Waals surface area contributed by atoms with Crippen molar-refractivity contribution in [3.63, 3.8) is 0 Å². The molecule has 1 aliphatic rings. The number of hydrogen-bond donors (Lipinski definition) is 2. The van der Waals surface area contributed by atoms with Gasteiger partial charge in [-0.3, -0.25) is 19.7 Å². The number of rotatable bonds is 6. The van der Waals surface area contributed by atoms with Gasteiger partial charge in [0, 0.05) is 36.2 Å². The van der Waals surface area contributed by atoms with Gasteiger partial charge in [0.1, 0.15) is 5.82 Å². The molecule has 0 saturated carbocycles. The molecule has 3 aromatic rings. The van der Waals surface area contributed by atoms with Crippen LogP contribution >= 0.6 is 0 Å². The van der Waals surface area contributed by atoms with E-state index >= 15 is 0 Å². The van der Waals surface area contributed by atoms with Crippen LogP contribution in [0.1, 0.15) is 24.1 Å². The molecule has 2 N–H and O–H groups in total. The zero-order chi connectivity index (χ0) is 22.0. The Hall–Kier alpha value is -4.01. The van der Waals surface area contributed by atoms with Crippen molar-refractivity contribution in [1.29, 1.82) is 0 Å². The molecule has 0 fully saturated rings. The summed E-state index contributed by atoms with van der Waals surface area (Å²) in [7, 11) is 0. The van der Waals surface area contributed by atoms with E-state index in [2.05, 4.69) is 15.7 Å². The average molecular weight is 419 g/mol. The van der Waals surface area contributed by atoms with Gasteiger partial charge in [0.25, 0.3) is 5.69 Å². The Morgan fingerprint density at radius 3 is 2.74 bits per heavy atom. The van der Waals surface area contributed by atoms with Gasteiger partial charge in [-0.25, -0.2) is 4.68 Å². The van der Waals surface area contributed by atoms with Crippen molar-refractivity contribution in [1.82, 2.24) is 9.78 Å². The maximum atomic E-state index is 12.6. The topological polar surface area (TPSA) is 119 Å². The Bertz CT molecular complexity index is 1150. The van der Waals surface area contributed by atoms with Gasteiger partial charge in [0.15, 0.2) is 0 Å². The van der Waals surface area contributed by atoms with Crippen molar-refractivity contribution in [2.45, 2.75) is 26.2 Å². The lowest BCUT2D eigenvalue weighted by molar-refractivity contribution is -0.384. The molecule has 1 unspecified atom stereocenters. The highest BCUT2D eigenvalue weighted by atomic mass is 16.6. The number of benzene rings is 2. The van der Waals surface area contributed by atoms with Gasteiger partial charge < -0.3 is 10.6 Å². The second-order valence-corrected chi connectivity index (χ2v) is 7.49. The Balaban J connectivity index is 1.41. The number of non-ortho nitro benzene ring substituents is 1. The first-order valence-electron chi connectivity index (χ1n) is 9.91. The Morgan fingerprint density at radius 2 is 2.00 bits per heavy atom. The van der Waals surface area contributed by atoms with Crippen molar-refractivity contribution in [2.75, 3.05) is 10.6 Å². The van der Waals surface area contributed by atoms with E-state index in [-0.39, 0.29) is 29.8 Å². The normalized spacial score (nSPS) is 15.1. The fourth-order valence-corrected chi connectivity index (χ4v) is 3.66. The summed E-state index contributed by atoms with van der Waals surface area (Å²) in [6.45, 7) is 1.79. The number of carbonyl (C=O) groups excluding carboxylic acids is 2. The number of carbonyl (C=O) groups is 2. The Morgan fingerprint density at radius 1 is 1.26 bits per heavy atom. The molecule has 2 aromatic carbocycles. The number of nitrogens with zero attached hydrogens (tertiary/aromatic N) is 3. The molecule has 0 bridgehead atoms. The molecule has 9 heteroatoms. The zero-order valence-corrected chi connectivity index (χ0v) is 16.9. The molecular weight excluding hydrogens is 398 g/mol. The van der Waals surface area contributed by atoms with Gasteiger partial charge >= 0.3 is 0 Å². The highest BCUT2D eigenvalue weighted by Crippen LogP contribution is 2.28. The van der Waals surface area contributed by atoms with Crippen molar-refractivity contribution in [2.24, 2.45) is 5.92 Å². The largest absolute Gasteiger partial charge is 0.326 e. The molecule has 4 rings (SSSR count). The van der Waals surface area contributed by atoms with Crippen LogP contribution in [0.2, 0.25) is 0 Å². The number of anilines is 2. The van der Waals surface area contributed by atoms with Crippen LogP contribution in [0, 0.1) is 23.0 Å². The summed E-state index contributed by atoms with van der Waals surface area (Å²) in [6, 6.07) is 15.3. The quantitative estimate of drug-likeness (QED) is 0.467. The molecule has 1 atom stereocenters. The predicted molar refractivity (Wildman–Crippen MR) is 115 cm³/mol. The summed E-state index contributed by atoms with van der Waals surface area (Å²) in [5.74, 6) is -0.0928. The average Bonchev–Trinajstić information content (AvgIpc) is 3.12. The van der Waals surface area contributed by atoms with Crippen molar-refractivity contribution < 1.29 is 14.5 Å². The van der Waals surface area contributed by atoms with Gasteiger partial charge in [-0.05, 0) is 43.5 Å². The SMILES string of the molecule is Cc1cc(NC(=O)CCC2Cc3ccccc3NC2=O)n(-c2ccc([N+](=O)[O-])cc2)n1. The first-order chi connectivity index (χ1) is 14.9. The number of fused-ring (bicyclic) bond motifs is 1. The van der Waals surface area contributed by atoms with Gasteiger partial charge in [-0.2, -0.15) is 5.10 Å². The van der Waals surface area contributed by atoms with Crippen molar-refractivity contribution >= 4 is 29.0 Å². The fraction of sp³-hybridized carbons (Fsp3) is 0.227. The minimum absolute atomic E-state index is 0.0226. The van der Waals surface area contributed by atoms with Crippen LogP contribution in [-0.2, 0) is 16.0 Å². The Kier molecular flexibility index (Phi) is 5.48. The summed E-state index contributed by atoms with van der Waals surface area (Å²) in [5.41, 5.74) is 3.16. The molecule has 1 aliphatic heterocycles. The number of nitro groups is 1. The van der Waals surface area contributed by atoms with Crippen molar-refractivity contribution in [3.05, 3.63) is 76.0 Å². The molecule has 1 aromatic heterocycles. The van der Waals surface area contributed by atoms with E-state index in [1.807, 2.05) is 24.3 Å². The summed E-state index contributed by atoms with van der Waals surface area (Å²) in [6.07, 6.45) is 1.22. The number of aromatic nitrogens is 2. The van der Waals surface area contributed by atoms with Crippen LogP contribution in [0.4, 0.5) is 17.2 Å². The Labute approximate surface area is 178 Å². The van der Waals surface area contributed by atoms with Crippen molar-refractivity contribution in [3.8, 4) is 5.69 Å². The van der Waals surface area contributed by atoms with E-state index in [9.17, 15) is 19.7 Å². The van der Waals surface area contributed by atoms with E-state index in [1.54, 1.807) is 25.1 Å². The standard InChI is InChI=1S/C22H21N5O4/c1-14-12-20(26(25-14)17-7-9-18(10-8-17)27(30)31)24-21(28)11-6-16-13-15-4-2-3-5-19(15)23-22(16)29/h2-5,7-10,12,16H,6,11,13H2,1H3,(H,23,29)(H,24,28). The van der Waals surface area contributed by atoms with Gasteiger partial charge in [0.2, 0.25) is 11.8 Å². The molecule has 158 valence electrons. The second kappa shape index (κ2) is 8.39. The van der Waals surface area contributed by atoms with Crippen LogP contribution < -0.4 is 10.6 Å². The van der Waals surface area contributed by atoms with Gasteiger partial charge in [-0.1, -0.05) is 18.2 Å². The van der Waals surface area contributed by atoms with E-state index in [0.29, 0.717) is 30.0 Å². The number of para-hydroxylation sites is 1. The summed E-state index contributed by atoms with van der Waals surface area (Å²) in [4.78, 5) is 35.3. The van der Waals surface area contributed by atoms with Crippen LogP contribution in [0.3, 0.4) is 0 Å². The number of amides is 2. The molecular formula is C22H21N5O4. The summed E-state index contributed by atoms with van der Waals surface area (Å²) in [5, 5.41) is 21.0. The van der Waals surface area contributed by atoms with Crippen LogP contribution in [0.5, 0.6) is 0 Å². The second-order valence-electron chi connectivity index (χ2n) is 7.49. The number of aryl methyl sites for hydroxylation is 1. The maximum Gasteiger partial charge on any atom is 0.269 e. The third-order valence-electron chi connectivity index (χ3n) is 5.24. The molecule has 0 saturated heterocycles. The zero-order valence-electron chi connectivity index (χ0n) is 16.9. The van der Waals surface area contributed by atoms with Crippen LogP contribution in [0.15, 0.2) is 54.6 Å². The smallest absolute Gasteiger partial charge is 0.269 e. The van der Waals surface area contributed by atoms with E-state index in [4.69, 9.17) is 0 Å². The lowest BCUT2D eigenvalue weighted by atomic mass is 9.89. The third-order valence-corrected chi connectivity index (χ3v) is 5.24. The minimum atomic E-state index is -0.472. The van der Waals surface area contributed by atoms with Crippen LogP contribution in [-0.4, -0.2) is 26.5 Å². The fourth-order valence-electron chi connectivity index (χ4n) is 3.66. The lowest BCUT2D eigenvalue weighted by Gasteiger charge is -2.24. The summed E-state index contributed by atoms with van der Waals surface area (Å²) < 4.78 is 1.53. The molecule has 0 spiro atoms. The van der Waals surface area contributed by atoms with Gasteiger partial charge in [-0.15, -0.1) is 0 Å². The molecule has 0 radical (unpaired) electrons. The first kappa shape index (κ1) is 20.3. The van der Waals surface area contributed by atoms with Crippen LogP contribution in [0.25, 0.3) is 5.69 Å². The van der Waals surface area contributed by atoms with E-state index in [1.165, 1.54) is 16.8 Å². The molecule has 31 heavy (non-hydrogen) atoms. The maximum absolute atomic E-state index is 12.6. The summed E-state index contributed by atoms with van der Waals surface area (Å²) >= 11 is 0. The number of nitro benzene ring substituents is 1. The first-order valence-corrected chi connectivity index (χ1v) is 9.91. The molecule has 0 aliphatic carbocycles. The van der Waals surface area contributed by atoms with E-state index < -0.39 is 4.92 Å².